The van der Waals surface area contributed by atoms with E-state index < -0.39 is 0 Å². The molecule has 0 unspecified atom stereocenters. The van der Waals surface area contributed by atoms with Crippen molar-refractivity contribution >= 4 is 11.5 Å². The highest BCUT2D eigenvalue weighted by atomic mass is 15.4. The minimum atomic E-state index is -0.0690. The SMILES string of the molecule is CC(C)CC1(CNc2ccc3nnc(C(C)(C)C)n3n2)CC1. The molecule has 3 rings (SSSR count). The average Bonchev–Trinajstić information content (AvgIpc) is 3.02. The number of anilines is 1. The molecule has 2 heterocycles. The normalized spacial score (nSPS) is 17.2. The second kappa shape index (κ2) is 5.21. The first-order chi connectivity index (χ1) is 10.3. The maximum absolute atomic E-state index is 4.69. The van der Waals surface area contributed by atoms with Gasteiger partial charge in [0.15, 0.2) is 11.5 Å². The molecule has 2 aromatic heterocycles. The van der Waals surface area contributed by atoms with Gasteiger partial charge in [-0.3, -0.25) is 0 Å². The van der Waals surface area contributed by atoms with E-state index in [1.54, 1.807) is 0 Å². The summed E-state index contributed by atoms with van der Waals surface area (Å²) in [5.41, 5.74) is 1.23. The number of hydrogen-bond donors (Lipinski definition) is 1. The van der Waals surface area contributed by atoms with Gasteiger partial charge in [-0.25, -0.2) is 0 Å². The molecule has 0 saturated heterocycles. The Morgan fingerprint density at radius 3 is 2.55 bits per heavy atom. The lowest BCUT2D eigenvalue weighted by molar-refractivity contribution is 0.406. The Morgan fingerprint density at radius 1 is 1.23 bits per heavy atom. The third-order valence-corrected chi connectivity index (χ3v) is 4.38. The highest BCUT2D eigenvalue weighted by molar-refractivity contribution is 5.44. The molecule has 0 radical (unpaired) electrons. The zero-order valence-corrected chi connectivity index (χ0v) is 14.3. The second-order valence-corrected chi connectivity index (χ2v) is 8.21. The molecule has 1 N–H and O–H groups in total. The van der Waals surface area contributed by atoms with Crippen LogP contribution < -0.4 is 5.32 Å². The van der Waals surface area contributed by atoms with Gasteiger partial charge in [0.2, 0.25) is 0 Å². The molecule has 1 fully saturated rings. The van der Waals surface area contributed by atoms with Crippen LogP contribution in [-0.4, -0.2) is 26.4 Å². The topological polar surface area (TPSA) is 55.1 Å². The van der Waals surface area contributed by atoms with E-state index in [0.29, 0.717) is 5.41 Å². The van der Waals surface area contributed by atoms with Gasteiger partial charge in [-0.05, 0) is 42.7 Å². The minimum absolute atomic E-state index is 0.0690. The van der Waals surface area contributed by atoms with Crippen molar-refractivity contribution < 1.29 is 0 Å². The van der Waals surface area contributed by atoms with Crippen LogP contribution in [-0.2, 0) is 5.41 Å². The Kier molecular flexibility index (Phi) is 3.62. The van der Waals surface area contributed by atoms with Crippen molar-refractivity contribution in [3.63, 3.8) is 0 Å². The Balaban J connectivity index is 1.78. The van der Waals surface area contributed by atoms with Crippen molar-refractivity contribution in [2.24, 2.45) is 11.3 Å². The van der Waals surface area contributed by atoms with Crippen LogP contribution in [0.15, 0.2) is 12.1 Å². The van der Waals surface area contributed by atoms with Crippen molar-refractivity contribution in [1.82, 2.24) is 19.8 Å². The summed E-state index contributed by atoms with van der Waals surface area (Å²) < 4.78 is 1.87. The quantitative estimate of drug-likeness (QED) is 0.915. The van der Waals surface area contributed by atoms with Crippen LogP contribution >= 0.6 is 0 Å². The predicted molar refractivity (Wildman–Crippen MR) is 89.1 cm³/mol. The summed E-state index contributed by atoms with van der Waals surface area (Å²) in [6, 6.07) is 3.99. The van der Waals surface area contributed by atoms with E-state index in [1.807, 2.05) is 16.6 Å². The van der Waals surface area contributed by atoms with Crippen molar-refractivity contribution in [3.8, 4) is 0 Å². The average molecular weight is 301 g/mol. The monoisotopic (exact) mass is 301 g/mol. The van der Waals surface area contributed by atoms with Gasteiger partial charge in [-0.1, -0.05) is 34.6 Å². The number of fused-ring (bicyclic) bond motifs is 1. The molecule has 0 spiro atoms. The Hall–Kier alpha value is -1.65. The van der Waals surface area contributed by atoms with Crippen molar-refractivity contribution in [2.75, 3.05) is 11.9 Å². The van der Waals surface area contributed by atoms with E-state index in [0.717, 1.165) is 29.8 Å². The van der Waals surface area contributed by atoms with Crippen molar-refractivity contribution in [3.05, 3.63) is 18.0 Å². The molecule has 22 heavy (non-hydrogen) atoms. The summed E-state index contributed by atoms with van der Waals surface area (Å²) in [6.45, 7) is 12.0. The summed E-state index contributed by atoms with van der Waals surface area (Å²) in [4.78, 5) is 0. The maximum atomic E-state index is 4.69. The molecule has 0 aliphatic heterocycles. The molecule has 0 aromatic carbocycles. The zero-order chi connectivity index (χ0) is 16.0. The molecule has 1 saturated carbocycles. The molecule has 1 aliphatic carbocycles. The molecule has 0 amide bonds. The van der Waals surface area contributed by atoms with E-state index in [4.69, 9.17) is 5.10 Å². The first kappa shape index (κ1) is 15.3. The second-order valence-electron chi connectivity index (χ2n) is 8.21. The van der Waals surface area contributed by atoms with Crippen LogP contribution in [0.5, 0.6) is 0 Å². The Bertz CT molecular complexity index is 661. The molecule has 0 bridgehead atoms. The smallest absolute Gasteiger partial charge is 0.178 e. The van der Waals surface area contributed by atoms with Gasteiger partial charge in [0.1, 0.15) is 5.82 Å². The number of nitrogens with one attached hydrogen (secondary N) is 1. The van der Waals surface area contributed by atoms with E-state index in [-0.39, 0.29) is 5.41 Å². The molecular formula is C17H27N5. The van der Waals surface area contributed by atoms with Gasteiger partial charge in [-0.15, -0.1) is 15.3 Å². The summed E-state index contributed by atoms with van der Waals surface area (Å²) >= 11 is 0. The molecule has 120 valence electrons. The third kappa shape index (κ3) is 3.08. The zero-order valence-electron chi connectivity index (χ0n) is 14.3. The largest absolute Gasteiger partial charge is 0.368 e. The first-order valence-electron chi connectivity index (χ1n) is 8.26. The molecule has 0 atom stereocenters. The standard InChI is InChI=1S/C17H27N5/c1-12(2)10-17(8-9-17)11-18-13-6-7-14-19-20-15(16(3,4)5)22(14)21-13/h6-7,12H,8-11H2,1-5H3,(H,18,21). The fourth-order valence-electron chi connectivity index (χ4n) is 3.12. The molecular weight excluding hydrogens is 274 g/mol. The lowest BCUT2D eigenvalue weighted by Crippen LogP contribution is -2.20. The molecule has 5 nitrogen and oxygen atoms in total. The summed E-state index contributed by atoms with van der Waals surface area (Å²) in [5.74, 6) is 2.56. The summed E-state index contributed by atoms with van der Waals surface area (Å²) in [6.07, 6.45) is 3.96. The van der Waals surface area contributed by atoms with E-state index in [9.17, 15) is 0 Å². The highest BCUT2D eigenvalue weighted by Gasteiger charge is 2.42. The van der Waals surface area contributed by atoms with Gasteiger partial charge in [0.05, 0.1) is 0 Å². The molecule has 1 aliphatic rings. The van der Waals surface area contributed by atoms with Crippen LogP contribution in [0.4, 0.5) is 5.82 Å². The van der Waals surface area contributed by atoms with Gasteiger partial charge >= 0.3 is 0 Å². The van der Waals surface area contributed by atoms with Gasteiger partial charge < -0.3 is 5.32 Å². The fraction of sp³-hybridized carbons (Fsp3) is 0.706. The van der Waals surface area contributed by atoms with E-state index in [1.165, 1.54) is 19.3 Å². The van der Waals surface area contributed by atoms with E-state index in [2.05, 4.69) is 50.1 Å². The van der Waals surface area contributed by atoms with Crippen LogP contribution in [0, 0.1) is 11.3 Å². The van der Waals surface area contributed by atoms with Crippen molar-refractivity contribution in [2.45, 2.75) is 59.3 Å². The lowest BCUT2D eigenvalue weighted by atomic mass is 9.94. The first-order valence-corrected chi connectivity index (χ1v) is 8.26. The Labute approximate surface area is 132 Å². The van der Waals surface area contributed by atoms with Gasteiger partial charge in [0, 0.05) is 12.0 Å². The number of aromatic nitrogens is 4. The number of rotatable bonds is 5. The minimum Gasteiger partial charge on any atom is -0.368 e. The number of nitrogens with zero attached hydrogens (tertiary/aromatic N) is 4. The van der Waals surface area contributed by atoms with Crippen LogP contribution in [0.3, 0.4) is 0 Å². The van der Waals surface area contributed by atoms with Crippen molar-refractivity contribution in [1.29, 1.82) is 0 Å². The maximum Gasteiger partial charge on any atom is 0.178 e. The summed E-state index contributed by atoms with van der Waals surface area (Å²) in [7, 11) is 0. The van der Waals surface area contributed by atoms with Gasteiger partial charge in [0.25, 0.3) is 0 Å². The predicted octanol–water partition coefficient (Wildman–Crippen LogP) is 3.66. The van der Waals surface area contributed by atoms with Crippen LogP contribution in [0.25, 0.3) is 5.65 Å². The van der Waals surface area contributed by atoms with Crippen LogP contribution in [0.2, 0.25) is 0 Å². The van der Waals surface area contributed by atoms with Crippen LogP contribution in [0.1, 0.15) is 59.7 Å². The fourth-order valence-corrected chi connectivity index (χ4v) is 3.12. The summed E-state index contributed by atoms with van der Waals surface area (Å²) in [5, 5.41) is 16.7. The number of hydrogen-bond acceptors (Lipinski definition) is 4. The molecule has 5 heteroatoms. The third-order valence-electron chi connectivity index (χ3n) is 4.38. The highest BCUT2D eigenvalue weighted by Crippen LogP contribution is 2.50. The lowest BCUT2D eigenvalue weighted by Gasteiger charge is -2.19. The van der Waals surface area contributed by atoms with E-state index >= 15 is 0 Å². The van der Waals surface area contributed by atoms with Gasteiger partial charge in [-0.2, -0.15) is 4.52 Å². The molecule has 2 aromatic rings. The Morgan fingerprint density at radius 2 is 1.95 bits per heavy atom.